The predicted molar refractivity (Wildman–Crippen MR) is 130 cm³/mol. The number of hydrogen-bond donors (Lipinski definition) is 1. The van der Waals surface area contributed by atoms with Crippen LogP contribution in [0, 0.1) is 6.92 Å². The largest absolute Gasteiger partial charge is 0.378 e. The third-order valence-corrected chi connectivity index (χ3v) is 6.55. The summed E-state index contributed by atoms with van der Waals surface area (Å²) in [6.07, 6.45) is 0.964. The van der Waals surface area contributed by atoms with E-state index in [0.29, 0.717) is 26.2 Å². The van der Waals surface area contributed by atoms with Crippen LogP contribution in [0.1, 0.15) is 25.0 Å². The molecule has 1 aliphatic heterocycles. The van der Waals surface area contributed by atoms with E-state index in [4.69, 9.17) is 4.74 Å². The smallest absolute Gasteiger partial charge is 0.216 e. The lowest BCUT2D eigenvalue weighted by Crippen LogP contribution is -2.54. The number of nitrogens with one attached hydrogen (secondary N) is 1. The molecule has 0 saturated carbocycles. The summed E-state index contributed by atoms with van der Waals surface area (Å²) in [6.45, 7) is 9.15. The van der Waals surface area contributed by atoms with Crippen LogP contribution in [-0.2, 0) is 21.2 Å². The summed E-state index contributed by atoms with van der Waals surface area (Å²) >= 11 is 0. The molecule has 0 unspecified atom stereocenters. The van der Waals surface area contributed by atoms with Gasteiger partial charge in [0.15, 0.2) is 5.96 Å². The second-order valence-electron chi connectivity index (χ2n) is 7.33. The number of ether oxygens (including phenoxy) is 1. The van der Waals surface area contributed by atoms with E-state index in [0.717, 1.165) is 18.9 Å². The molecule has 0 bridgehead atoms. The fraction of sp³-hybridized carbons (Fsp3) is 0.650. The Bertz CT molecular complexity index is 748. The molecule has 0 aromatic heterocycles. The van der Waals surface area contributed by atoms with Crippen molar-refractivity contribution in [3.63, 3.8) is 0 Å². The maximum absolute atomic E-state index is 12.5. The Kier molecular flexibility index (Phi) is 11.4. The van der Waals surface area contributed by atoms with Gasteiger partial charge in [-0.05, 0) is 32.8 Å². The Morgan fingerprint density at radius 3 is 2.52 bits per heavy atom. The van der Waals surface area contributed by atoms with Crippen molar-refractivity contribution in [3.8, 4) is 0 Å². The lowest BCUT2D eigenvalue weighted by Gasteiger charge is -2.35. The molecule has 0 atom stereocenters. The summed E-state index contributed by atoms with van der Waals surface area (Å²) in [5.41, 5.74) is 2.56. The number of nitrogens with zero attached hydrogens (tertiary/aromatic N) is 3. The Morgan fingerprint density at radius 2 is 1.93 bits per heavy atom. The number of benzene rings is 1. The first-order valence-corrected chi connectivity index (χ1v) is 11.5. The van der Waals surface area contributed by atoms with E-state index in [1.165, 1.54) is 11.1 Å². The average Bonchev–Trinajstić information content (AvgIpc) is 2.65. The van der Waals surface area contributed by atoms with Crippen molar-refractivity contribution in [2.24, 2.45) is 4.99 Å². The Hall–Kier alpha value is -0.910. The minimum atomic E-state index is -3.27. The van der Waals surface area contributed by atoms with E-state index in [1.54, 1.807) is 11.4 Å². The second kappa shape index (κ2) is 12.7. The van der Waals surface area contributed by atoms with Crippen LogP contribution in [0.15, 0.2) is 29.3 Å². The third-order valence-electron chi connectivity index (χ3n) is 4.72. The minimum Gasteiger partial charge on any atom is -0.378 e. The summed E-state index contributed by atoms with van der Waals surface area (Å²) in [6, 6.07) is 8.49. The SMILES string of the molecule is CN=C(NCCc1cccc(C)c1)N1CCN(S(=O)(=O)CCOC(C)C)CC1.I. The zero-order valence-electron chi connectivity index (χ0n) is 17.9. The van der Waals surface area contributed by atoms with Crippen molar-refractivity contribution in [1.82, 2.24) is 14.5 Å². The molecule has 0 amide bonds. The van der Waals surface area contributed by atoms with Crippen LogP contribution in [0.25, 0.3) is 0 Å². The van der Waals surface area contributed by atoms with E-state index in [2.05, 4.69) is 46.4 Å². The molecule has 7 nitrogen and oxygen atoms in total. The molecule has 1 aromatic rings. The number of rotatable bonds is 8. The summed E-state index contributed by atoms with van der Waals surface area (Å²) in [5, 5.41) is 3.40. The fourth-order valence-electron chi connectivity index (χ4n) is 3.21. The van der Waals surface area contributed by atoms with E-state index in [-0.39, 0.29) is 42.4 Å². The second-order valence-corrected chi connectivity index (χ2v) is 9.42. The number of aliphatic imine (C=N–C) groups is 1. The van der Waals surface area contributed by atoms with Crippen molar-refractivity contribution < 1.29 is 13.2 Å². The molecule has 166 valence electrons. The van der Waals surface area contributed by atoms with Crippen molar-refractivity contribution in [1.29, 1.82) is 0 Å². The highest BCUT2D eigenvalue weighted by molar-refractivity contribution is 14.0. The van der Waals surface area contributed by atoms with Gasteiger partial charge in [-0.15, -0.1) is 24.0 Å². The number of sulfonamides is 1. The molecule has 1 N–H and O–H groups in total. The van der Waals surface area contributed by atoms with Crippen molar-refractivity contribution >= 4 is 40.0 Å². The number of guanidine groups is 1. The van der Waals surface area contributed by atoms with E-state index in [1.807, 2.05) is 13.8 Å². The summed E-state index contributed by atoms with van der Waals surface area (Å²) in [7, 11) is -1.51. The molecule has 1 aliphatic rings. The van der Waals surface area contributed by atoms with Crippen LogP contribution < -0.4 is 5.32 Å². The lowest BCUT2D eigenvalue weighted by atomic mass is 10.1. The summed E-state index contributed by atoms with van der Waals surface area (Å²) in [4.78, 5) is 6.48. The van der Waals surface area contributed by atoms with Crippen LogP contribution in [0.4, 0.5) is 0 Å². The average molecular weight is 538 g/mol. The standard InChI is InChI=1S/C20H34N4O3S.HI/c1-17(2)27-14-15-28(25,26)24-12-10-23(11-13-24)20(21-4)22-9-8-19-7-5-6-18(3)16-19;/h5-7,16-17H,8-15H2,1-4H3,(H,21,22);1H. The minimum absolute atomic E-state index is 0. The van der Waals surface area contributed by atoms with Gasteiger partial charge in [0.25, 0.3) is 0 Å². The molecule has 9 heteroatoms. The fourth-order valence-corrected chi connectivity index (χ4v) is 4.50. The highest BCUT2D eigenvalue weighted by Crippen LogP contribution is 2.09. The summed E-state index contributed by atoms with van der Waals surface area (Å²) < 4.78 is 31.9. The van der Waals surface area contributed by atoms with E-state index >= 15 is 0 Å². The van der Waals surface area contributed by atoms with Gasteiger partial charge in [-0.25, -0.2) is 8.42 Å². The van der Waals surface area contributed by atoms with Crippen LogP contribution in [0.3, 0.4) is 0 Å². The molecule has 0 radical (unpaired) electrons. The molecule has 1 saturated heterocycles. The van der Waals surface area contributed by atoms with Crippen molar-refractivity contribution in [3.05, 3.63) is 35.4 Å². The molecule has 0 spiro atoms. The maximum atomic E-state index is 12.5. The highest BCUT2D eigenvalue weighted by atomic mass is 127. The van der Waals surface area contributed by atoms with Crippen LogP contribution in [-0.4, -0.2) is 81.8 Å². The molecule has 29 heavy (non-hydrogen) atoms. The van der Waals surface area contributed by atoms with Gasteiger partial charge < -0.3 is 15.0 Å². The Morgan fingerprint density at radius 1 is 1.24 bits per heavy atom. The van der Waals surface area contributed by atoms with Gasteiger partial charge in [-0.2, -0.15) is 4.31 Å². The topological polar surface area (TPSA) is 74.2 Å². The molecular formula is C20H35IN4O3S. The van der Waals surface area contributed by atoms with Crippen molar-refractivity contribution in [2.75, 3.05) is 52.1 Å². The quantitative estimate of drug-likeness (QED) is 0.312. The first-order valence-electron chi connectivity index (χ1n) is 9.92. The first kappa shape index (κ1) is 26.1. The van der Waals surface area contributed by atoms with Gasteiger partial charge in [-0.1, -0.05) is 29.8 Å². The molecule has 1 heterocycles. The Balaban J connectivity index is 0.00000420. The van der Waals surface area contributed by atoms with Gasteiger partial charge in [0, 0.05) is 39.8 Å². The predicted octanol–water partition coefficient (Wildman–Crippen LogP) is 2.10. The number of halogens is 1. The summed E-state index contributed by atoms with van der Waals surface area (Å²) in [5.74, 6) is 0.863. The van der Waals surface area contributed by atoms with Gasteiger partial charge in [0.2, 0.25) is 10.0 Å². The van der Waals surface area contributed by atoms with Crippen LogP contribution >= 0.6 is 24.0 Å². The number of hydrogen-bond acceptors (Lipinski definition) is 4. The van der Waals surface area contributed by atoms with E-state index in [9.17, 15) is 8.42 Å². The lowest BCUT2D eigenvalue weighted by molar-refractivity contribution is 0.0904. The monoisotopic (exact) mass is 538 g/mol. The number of piperazine rings is 1. The van der Waals surface area contributed by atoms with E-state index < -0.39 is 10.0 Å². The van der Waals surface area contributed by atoms with Crippen LogP contribution in [0.5, 0.6) is 0 Å². The van der Waals surface area contributed by atoms with Gasteiger partial charge in [0.1, 0.15) is 0 Å². The molecule has 2 rings (SSSR count). The zero-order chi connectivity index (χ0) is 20.6. The number of aryl methyl sites for hydroxylation is 1. The highest BCUT2D eigenvalue weighted by Gasteiger charge is 2.27. The molecule has 1 fully saturated rings. The third kappa shape index (κ3) is 8.77. The Labute approximate surface area is 193 Å². The zero-order valence-corrected chi connectivity index (χ0v) is 21.1. The van der Waals surface area contributed by atoms with Crippen LogP contribution in [0.2, 0.25) is 0 Å². The normalized spacial score (nSPS) is 16.0. The van der Waals surface area contributed by atoms with Crippen molar-refractivity contribution in [2.45, 2.75) is 33.3 Å². The molecular weight excluding hydrogens is 503 g/mol. The first-order chi connectivity index (χ1) is 13.3. The molecule has 1 aromatic carbocycles. The van der Waals surface area contributed by atoms with Gasteiger partial charge in [0.05, 0.1) is 18.5 Å². The maximum Gasteiger partial charge on any atom is 0.216 e. The molecule has 0 aliphatic carbocycles. The van der Waals surface area contributed by atoms with Gasteiger partial charge >= 0.3 is 0 Å². The van der Waals surface area contributed by atoms with Gasteiger partial charge in [-0.3, -0.25) is 4.99 Å².